The van der Waals surface area contributed by atoms with Crippen molar-refractivity contribution in [2.24, 2.45) is 5.92 Å². The molecule has 0 saturated carbocycles. The van der Waals surface area contributed by atoms with Gasteiger partial charge in [-0.3, -0.25) is 0 Å². The summed E-state index contributed by atoms with van der Waals surface area (Å²) in [5.74, 6) is 1.12. The predicted octanol–water partition coefficient (Wildman–Crippen LogP) is 2.58. The van der Waals surface area contributed by atoms with Crippen LogP contribution in [0, 0.1) is 24.7 Å². The SMILES string of the molecule is CC[C@H](C)C1CN(S(=O)(=O)c2cc([NH+]=O)ccc2Oc2cc(C)cc(C)c2)CCN1. The standard InChI is InChI=1S/C22H29N3O4S/c1-5-17(4)20-14-25(9-8-23-20)30(27,28)22-13-18(24-26)6-7-21(22)29-19-11-15(2)10-16(3)12-19/h6-7,10-13,17,20,23H,5,8-9,14H2,1-4H3/p+1/t17-,20?/m0/s1. The summed E-state index contributed by atoms with van der Waals surface area (Å²) in [4.78, 5) is 11.2. The molecular weight excluding hydrogens is 402 g/mol. The summed E-state index contributed by atoms with van der Waals surface area (Å²) in [6.45, 7) is 9.46. The van der Waals surface area contributed by atoms with E-state index in [1.54, 1.807) is 5.18 Å². The van der Waals surface area contributed by atoms with Crippen LogP contribution in [0.25, 0.3) is 0 Å². The molecule has 2 N–H and O–H groups in total. The zero-order valence-electron chi connectivity index (χ0n) is 17.9. The first-order chi connectivity index (χ1) is 14.2. The van der Waals surface area contributed by atoms with E-state index in [0.29, 0.717) is 31.3 Å². The van der Waals surface area contributed by atoms with Gasteiger partial charge in [0.1, 0.15) is 16.4 Å². The topological polar surface area (TPSA) is 89.7 Å². The van der Waals surface area contributed by atoms with E-state index >= 15 is 0 Å². The third kappa shape index (κ3) is 4.88. The molecule has 7 nitrogen and oxygen atoms in total. The molecule has 2 atom stereocenters. The summed E-state index contributed by atoms with van der Waals surface area (Å²) in [6, 6.07) is 10.2. The third-order valence-corrected chi connectivity index (χ3v) is 7.49. The molecule has 8 heteroatoms. The molecule has 30 heavy (non-hydrogen) atoms. The number of hydrogen-bond donors (Lipinski definition) is 2. The normalized spacial score (nSPS) is 18.7. The van der Waals surface area contributed by atoms with Crippen molar-refractivity contribution in [1.82, 2.24) is 9.62 Å². The molecule has 1 fully saturated rings. The lowest BCUT2D eigenvalue weighted by atomic mass is 9.98. The number of rotatable bonds is 7. The molecule has 0 radical (unpaired) electrons. The van der Waals surface area contributed by atoms with Gasteiger partial charge in [0.05, 0.1) is 0 Å². The summed E-state index contributed by atoms with van der Waals surface area (Å²) in [5.41, 5.74) is 2.21. The quantitative estimate of drug-likeness (QED) is 0.702. The first-order valence-electron chi connectivity index (χ1n) is 10.3. The van der Waals surface area contributed by atoms with Crippen LogP contribution in [-0.2, 0) is 10.0 Å². The van der Waals surface area contributed by atoms with Gasteiger partial charge in [0.15, 0.2) is 0 Å². The first kappa shape index (κ1) is 22.4. The number of benzene rings is 2. The molecule has 0 aliphatic carbocycles. The molecule has 1 aliphatic heterocycles. The number of aryl methyl sites for hydroxylation is 2. The van der Waals surface area contributed by atoms with E-state index in [1.807, 2.05) is 32.0 Å². The van der Waals surface area contributed by atoms with Crippen LogP contribution < -0.4 is 15.2 Å². The van der Waals surface area contributed by atoms with E-state index in [9.17, 15) is 13.3 Å². The van der Waals surface area contributed by atoms with Crippen LogP contribution in [0.2, 0.25) is 0 Å². The van der Waals surface area contributed by atoms with Crippen molar-refractivity contribution >= 4 is 15.7 Å². The lowest BCUT2D eigenvalue weighted by Crippen LogP contribution is -2.56. The average molecular weight is 433 g/mol. The van der Waals surface area contributed by atoms with Crippen LogP contribution >= 0.6 is 0 Å². The van der Waals surface area contributed by atoms with Gasteiger partial charge >= 0.3 is 0 Å². The van der Waals surface area contributed by atoms with Crippen molar-refractivity contribution in [1.29, 1.82) is 0 Å². The van der Waals surface area contributed by atoms with Gasteiger partial charge in [-0.15, -0.1) is 0 Å². The minimum Gasteiger partial charge on any atom is -0.456 e. The molecule has 0 amide bonds. The highest BCUT2D eigenvalue weighted by atomic mass is 32.2. The molecule has 0 bridgehead atoms. The van der Waals surface area contributed by atoms with Gasteiger partial charge in [0, 0.05) is 47.9 Å². The number of nitrogens with one attached hydrogen (secondary N) is 2. The van der Waals surface area contributed by atoms with Gasteiger partial charge in [-0.25, -0.2) is 8.42 Å². The van der Waals surface area contributed by atoms with Gasteiger partial charge < -0.3 is 10.1 Å². The third-order valence-electron chi connectivity index (χ3n) is 5.60. The molecule has 1 aliphatic rings. The summed E-state index contributed by atoms with van der Waals surface area (Å²) in [7, 11) is -3.85. The minimum atomic E-state index is -3.85. The van der Waals surface area contributed by atoms with Crippen molar-refractivity contribution in [2.75, 3.05) is 19.6 Å². The summed E-state index contributed by atoms with van der Waals surface area (Å²) in [5, 5.41) is 5.20. The zero-order chi connectivity index (χ0) is 21.9. The Bertz CT molecular complexity index is 1000. The Kier molecular flexibility index (Phi) is 6.90. The summed E-state index contributed by atoms with van der Waals surface area (Å²) >= 11 is 0. The van der Waals surface area contributed by atoms with Gasteiger partial charge in [-0.1, -0.05) is 26.3 Å². The van der Waals surface area contributed by atoms with E-state index in [-0.39, 0.29) is 22.4 Å². The van der Waals surface area contributed by atoms with E-state index in [1.165, 1.54) is 22.5 Å². The van der Waals surface area contributed by atoms with E-state index < -0.39 is 10.0 Å². The van der Waals surface area contributed by atoms with E-state index in [2.05, 4.69) is 19.2 Å². The maximum Gasteiger partial charge on any atom is 0.254 e. The summed E-state index contributed by atoms with van der Waals surface area (Å²) in [6.07, 6.45) is 0.961. The predicted molar refractivity (Wildman–Crippen MR) is 116 cm³/mol. The minimum absolute atomic E-state index is 0.00712. The van der Waals surface area contributed by atoms with Crippen LogP contribution in [-0.4, -0.2) is 38.4 Å². The summed E-state index contributed by atoms with van der Waals surface area (Å²) < 4.78 is 34.6. The Balaban J connectivity index is 1.99. The molecule has 2 aromatic rings. The maximum absolute atomic E-state index is 13.5. The Morgan fingerprint density at radius 2 is 1.90 bits per heavy atom. The Labute approximate surface area is 178 Å². The number of sulfonamides is 1. The lowest BCUT2D eigenvalue weighted by Gasteiger charge is -2.35. The fourth-order valence-electron chi connectivity index (χ4n) is 3.75. The highest BCUT2D eigenvalue weighted by Gasteiger charge is 2.34. The molecule has 2 aromatic carbocycles. The second-order valence-corrected chi connectivity index (χ2v) is 9.90. The molecule has 1 saturated heterocycles. The Morgan fingerprint density at radius 3 is 2.53 bits per heavy atom. The fourth-order valence-corrected chi connectivity index (χ4v) is 5.36. The molecule has 1 heterocycles. The van der Waals surface area contributed by atoms with Crippen LogP contribution in [0.15, 0.2) is 41.3 Å². The number of ether oxygens (including phenoxy) is 1. The van der Waals surface area contributed by atoms with E-state index in [0.717, 1.165) is 17.5 Å². The van der Waals surface area contributed by atoms with Gasteiger partial charge in [0.2, 0.25) is 10.0 Å². The maximum atomic E-state index is 13.5. The smallest absolute Gasteiger partial charge is 0.254 e. The van der Waals surface area contributed by atoms with Gasteiger partial charge in [-0.05, 0) is 49.1 Å². The van der Waals surface area contributed by atoms with Gasteiger partial charge in [0.25, 0.3) is 5.69 Å². The van der Waals surface area contributed by atoms with Crippen LogP contribution in [0.1, 0.15) is 31.4 Å². The second-order valence-electron chi connectivity index (χ2n) is 8.00. The average Bonchev–Trinajstić information content (AvgIpc) is 2.72. The number of nitrogens with zero attached hydrogens (tertiary/aromatic N) is 1. The molecule has 0 aromatic heterocycles. The largest absolute Gasteiger partial charge is 0.456 e. The Hall–Kier alpha value is -2.29. The molecule has 0 spiro atoms. The van der Waals surface area contributed by atoms with Crippen molar-refractivity contribution < 1.29 is 18.3 Å². The first-order valence-corrected chi connectivity index (χ1v) is 11.7. The number of piperazine rings is 1. The van der Waals surface area contributed by atoms with E-state index in [4.69, 9.17) is 4.74 Å². The van der Waals surface area contributed by atoms with Crippen LogP contribution in [0.5, 0.6) is 11.5 Å². The Morgan fingerprint density at radius 1 is 1.20 bits per heavy atom. The van der Waals surface area contributed by atoms with Crippen molar-refractivity contribution in [3.63, 3.8) is 0 Å². The van der Waals surface area contributed by atoms with Crippen LogP contribution in [0.3, 0.4) is 0 Å². The fraction of sp³-hybridized carbons (Fsp3) is 0.455. The molecular formula is C22H30N3O4S+. The molecule has 1 unspecified atom stereocenters. The van der Waals surface area contributed by atoms with Crippen LogP contribution in [0.4, 0.5) is 5.69 Å². The highest BCUT2D eigenvalue weighted by molar-refractivity contribution is 7.89. The van der Waals surface area contributed by atoms with Crippen molar-refractivity contribution in [3.8, 4) is 11.5 Å². The number of nitroso groups, excluding NO2 is 1. The molecule has 162 valence electrons. The highest BCUT2D eigenvalue weighted by Crippen LogP contribution is 2.33. The monoisotopic (exact) mass is 432 g/mol. The van der Waals surface area contributed by atoms with Crippen molar-refractivity contribution in [2.45, 2.75) is 45.1 Å². The second kappa shape index (κ2) is 9.24. The lowest BCUT2D eigenvalue weighted by molar-refractivity contribution is -0.379. The van der Waals surface area contributed by atoms with Gasteiger partial charge in [-0.2, -0.15) is 4.31 Å². The number of hydrogen-bond acceptors (Lipinski definition) is 5. The van der Waals surface area contributed by atoms with Crippen molar-refractivity contribution in [3.05, 3.63) is 52.4 Å². The molecule has 3 rings (SSSR count). The zero-order valence-corrected chi connectivity index (χ0v) is 18.8.